The van der Waals surface area contributed by atoms with Crippen LogP contribution < -0.4 is 5.32 Å². The van der Waals surface area contributed by atoms with Gasteiger partial charge in [-0.3, -0.25) is 4.79 Å². The Morgan fingerprint density at radius 2 is 2.07 bits per heavy atom. The van der Waals surface area contributed by atoms with Gasteiger partial charge in [-0.15, -0.1) is 0 Å². The zero-order valence-electron chi connectivity index (χ0n) is 8.90. The van der Waals surface area contributed by atoms with Crippen molar-refractivity contribution >= 4 is 12.1 Å². The van der Waals surface area contributed by atoms with Gasteiger partial charge in [0.15, 0.2) is 0 Å². The average molecular weight is 214 g/mol. The average Bonchev–Trinajstić information content (AvgIpc) is 1.98. The standard InChI is InChI=1S/C9H14N2O4/c1-9(2,3)15-8(14)11-6(5-10)4-7(12)13/h6H,4H2,1-3H3,(H,11,14)(H,12,13). The molecule has 0 aromatic carbocycles. The third-order valence-corrected chi connectivity index (χ3v) is 1.23. The van der Waals surface area contributed by atoms with Crippen LogP contribution in [-0.2, 0) is 9.53 Å². The van der Waals surface area contributed by atoms with Crippen molar-refractivity contribution in [3.63, 3.8) is 0 Å². The van der Waals surface area contributed by atoms with Crippen LogP contribution in [0.4, 0.5) is 4.79 Å². The van der Waals surface area contributed by atoms with Crippen molar-refractivity contribution in [3.05, 3.63) is 0 Å². The SMILES string of the molecule is CC(C)(C)OC(=O)NC(C#N)CC(=O)O. The summed E-state index contributed by atoms with van der Waals surface area (Å²) in [6.45, 7) is 5.02. The van der Waals surface area contributed by atoms with E-state index in [0.29, 0.717) is 0 Å². The van der Waals surface area contributed by atoms with E-state index in [9.17, 15) is 9.59 Å². The number of nitrogens with zero attached hydrogens (tertiary/aromatic N) is 1. The molecule has 0 saturated carbocycles. The Kier molecular flexibility index (Phi) is 4.58. The van der Waals surface area contributed by atoms with Gasteiger partial charge in [0.05, 0.1) is 12.5 Å². The van der Waals surface area contributed by atoms with Crippen molar-refractivity contribution in [2.45, 2.75) is 38.8 Å². The maximum atomic E-state index is 11.1. The highest BCUT2D eigenvalue weighted by Gasteiger charge is 2.20. The number of nitrogens with one attached hydrogen (secondary N) is 1. The lowest BCUT2D eigenvalue weighted by molar-refractivity contribution is -0.137. The molecule has 0 rings (SSSR count). The molecule has 0 bridgehead atoms. The number of carbonyl (C=O) groups is 2. The van der Waals surface area contributed by atoms with Gasteiger partial charge in [-0.25, -0.2) is 4.79 Å². The van der Waals surface area contributed by atoms with Crippen LogP contribution in [0.3, 0.4) is 0 Å². The summed E-state index contributed by atoms with van der Waals surface area (Å²) in [4.78, 5) is 21.4. The predicted molar refractivity (Wildman–Crippen MR) is 51.0 cm³/mol. The fourth-order valence-electron chi connectivity index (χ4n) is 0.753. The Hall–Kier alpha value is -1.77. The molecule has 6 heteroatoms. The lowest BCUT2D eigenvalue weighted by Crippen LogP contribution is -2.39. The maximum absolute atomic E-state index is 11.1. The molecule has 0 radical (unpaired) electrons. The summed E-state index contributed by atoms with van der Waals surface area (Å²) < 4.78 is 4.86. The van der Waals surface area contributed by atoms with Crippen LogP contribution >= 0.6 is 0 Å². The highest BCUT2D eigenvalue weighted by atomic mass is 16.6. The molecule has 0 spiro atoms. The lowest BCUT2D eigenvalue weighted by atomic mass is 10.2. The highest BCUT2D eigenvalue weighted by Crippen LogP contribution is 2.06. The summed E-state index contributed by atoms with van der Waals surface area (Å²) in [7, 11) is 0. The zero-order chi connectivity index (χ0) is 12.1. The van der Waals surface area contributed by atoms with Crippen molar-refractivity contribution in [3.8, 4) is 6.07 Å². The van der Waals surface area contributed by atoms with Gasteiger partial charge in [-0.2, -0.15) is 5.26 Å². The lowest BCUT2D eigenvalue weighted by Gasteiger charge is -2.20. The summed E-state index contributed by atoms with van der Waals surface area (Å²) >= 11 is 0. The van der Waals surface area contributed by atoms with Gasteiger partial charge in [0.1, 0.15) is 11.6 Å². The molecule has 1 atom stereocenters. The number of amides is 1. The number of carboxylic acid groups (broad SMARTS) is 1. The Labute approximate surface area is 87.8 Å². The third kappa shape index (κ3) is 7.31. The molecule has 6 nitrogen and oxygen atoms in total. The van der Waals surface area contributed by atoms with E-state index >= 15 is 0 Å². The predicted octanol–water partition coefficient (Wildman–Crippen LogP) is 0.878. The van der Waals surface area contributed by atoms with Crippen molar-refractivity contribution in [1.29, 1.82) is 5.26 Å². The molecular weight excluding hydrogens is 200 g/mol. The summed E-state index contributed by atoms with van der Waals surface area (Å²) in [5, 5.41) is 19.1. The van der Waals surface area contributed by atoms with Crippen LogP contribution in [0.1, 0.15) is 27.2 Å². The zero-order valence-corrected chi connectivity index (χ0v) is 8.90. The first-order chi connectivity index (χ1) is 6.74. The first-order valence-corrected chi connectivity index (χ1v) is 4.35. The van der Waals surface area contributed by atoms with E-state index in [4.69, 9.17) is 15.1 Å². The van der Waals surface area contributed by atoms with Crippen LogP contribution in [-0.4, -0.2) is 28.8 Å². The topological polar surface area (TPSA) is 99.4 Å². The number of hydrogen-bond acceptors (Lipinski definition) is 4. The minimum absolute atomic E-state index is 0.449. The molecule has 0 heterocycles. The van der Waals surface area contributed by atoms with E-state index in [-0.39, 0.29) is 0 Å². The Balaban J connectivity index is 4.15. The maximum Gasteiger partial charge on any atom is 0.408 e. The van der Waals surface area contributed by atoms with Crippen LogP contribution in [0.2, 0.25) is 0 Å². The molecule has 1 amide bonds. The molecule has 0 aliphatic heterocycles. The van der Waals surface area contributed by atoms with Crippen LogP contribution in [0.25, 0.3) is 0 Å². The highest BCUT2D eigenvalue weighted by molar-refractivity contribution is 5.72. The minimum Gasteiger partial charge on any atom is -0.481 e. The van der Waals surface area contributed by atoms with Gasteiger partial charge in [0.2, 0.25) is 0 Å². The van der Waals surface area contributed by atoms with E-state index in [1.54, 1.807) is 26.8 Å². The van der Waals surface area contributed by atoms with Crippen LogP contribution in [0, 0.1) is 11.3 Å². The number of carbonyl (C=O) groups excluding carboxylic acids is 1. The molecular formula is C9H14N2O4. The molecule has 0 aliphatic rings. The fourth-order valence-corrected chi connectivity index (χ4v) is 0.753. The number of nitriles is 1. The second-order valence-corrected chi connectivity index (χ2v) is 3.93. The molecule has 1 unspecified atom stereocenters. The Bertz CT molecular complexity index is 287. The number of hydrogen-bond donors (Lipinski definition) is 2. The van der Waals surface area contributed by atoms with Crippen molar-refractivity contribution < 1.29 is 19.4 Å². The summed E-state index contributed by atoms with van der Waals surface area (Å²) in [6.07, 6.45) is -1.24. The Morgan fingerprint density at radius 1 is 1.53 bits per heavy atom. The summed E-state index contributed by atoms with van der Waals surface area (Å²) in [5.74, 6) is -1.15. The third-order valence-electron chi connectivity index (χ3n) is 1.23. The van der Waals surface area contributed by atoms with Crippen LogP contribution in [0.5, 0.6) is 0 Å². The molecule has 2 N–H and O–H groups in total. The summed E-state index contributed by atoms with van der Waals surface area (Å²) in [6, 6.07) is 0.585. The van der Waals surface area contributed by atoms with Gasteiger partial charge in [0, 0.05) is 0 Å². The minimum atomic E-state index is -1.15. The van der Waals surface area contributed by atoms with E-state index in [2.05, 4.69) is 5.32 Å². The second-order valence-electron chi connectivity index (χ2n) is 3.93. The molecule has 84 valence electrons. The quantitative estimate of drug-likeness (QED) is 0.726. The smallest absolute Gasteiger partial charge is 0.408 e. The van der Waals surface area contributed by atoms with E-state index in [1.807, 2.05) is 0 Å². The number of ether oxygens (including phenoxy) is 1. The number of carboxylic acids is 1. The van der Waals surface area contributed by atoms with E-state index in [1.165, 1.54) is 0 Å². The largest absolute Gasteiger partial charge is 0.481 e. The molecule has 0 aromatic heterocycles. The molecule has 0 aliphatic carbocycles. The van der Waals surface area contributed by atoms with Gasteiger partial charge < -0.3 is 15.2 Å². The van der Waals surface area contributed by atoms with E-state index in [0.717, 1.165) is 0 Å². The molecule has 0 saturated heterocycles. The fraction of sp³-hybridized carbons (Fsp3) is 0.667. The summed E-state index contributed by atoms with van der Waals surface area (Å²) in [5.41, 5.74) is -0.673. The van der Waals surface area contributed by atoms with E-state index < -0.39 is 30.1 Å². The molecule has 0 aromatic rings. The van der Waals surface area contributed by atoms with Gasteiger partial charge in [-0.05, 0) is 20.8 Å². The molecule has 15 heavy (non-hydrogen) atoms. The first-order valence-electron chi connectivity index (χ1n) is 4.35. The van der Waals surface area contributed by atoms with Crippen molar-refractivity contribution in [2.75, 3.05) is 0 Å². The van der Waals surface area contributed by atoms with Crippen molar-refractivity contribution in [1.82, 2.24) is 5.32 Å². The van der Waals surface area contributed by atoms with Crippen LogP contribution in [0.15, 0.2) is 0 Å². The number of aliphatic carboxylic acids is 1. The number of alkyl carbamates (subject to hydrolysis) is 1. The van der Waals surface area contributed by atoms with Gasteiger partial charge in [0.25, 0.3) is 0 Å². The normalized spacial score (nSPS) is 12.4. The van der Waals surface area contributed by atoms with Gasteiger partial charge >= 0.3 is 12.1 Å². The monoisotopic (exact) mass is 214 g/mol. The van der Waals surface area contributed by atoms with Gasteiger partial charge in [-0.1, -0.05) is 0 Å². The number of rotatable bonds is 3. The molecule has 0 fully saturated rings. The second kappa shape index (κ2) is 5.20. The Morgan fingerprint density at radius 3 is 2.40 bits per heavy atom. The first kappa shape index (κ1) is 13.2. The van der Waals surface area contributed by atoms with Crippen molar-refractivity contribution in [2.24, 2.45) is 0 Å².